The molecule has 0 bridgehead atoms. The first-order valence-electron chi connectivity index (χ1n) is 6.17. The second-order valence-corrected chi connectivity index (χ2v) is 8.06. The molecule has 10 heteroatoms. The summed E-state index contributed by atoms with van der Waals surface area (Å²) < 4.78 is 51.3. The normalized spacial score (nSPS) is 12.4. The monoisotopic (exact) mass is 344 g/mol. The van der Waals surface area contributed by atoms with Gasteiger partial charge in [0.1, 0.15) is 5.82 Å². The largest absolute Gasteiger partial charge is 0.337 e. The number of benzene rings is 1. The van der Waals surface area contributed by atoms with Crippen LogP contribution in [-0.4, -0.2) is 26.4 Å². The molecule has 1 aromatic carbocycles. The Labute approximate surface area is 129 Å². The van der Waals surface area contributed by atoms with Crippen molar-refractivity contribution >= 4 is 25.7 Å². The van der Waals surface area contributed by atoms with Gasteiger partial charge in [-0.15, -0.1) is 0 Å². The number of hydrogen-bond donors (Lipinski definition) is 2. The molecule has 8 nitrogen and oxygen atoms in total. The average molecular weight is 344 g/mol. The molecule has 0 spiro atoms. The minimum atomic E-state index is -3.92. The molecule has 2 aromatic rings. The Morgan fingerprint density at radius 2 is 1.82 bits per heavy atom. The van der Waals surface area contributed by atoms with Crippen LogP contribution in [0.2, 0.25) is 0 Å². The molecule has 0 aliphatic heterocycles. The SMILES string of the molecule is Cc1ccc(S(N)(=O)=O)cc1NS(=O)(=O)c1cn(C)c(C)n1. The van der Waals surface area contributed by atoms with Crippen LogP contribution in [-0.2, 0) is 27.1 Å². The second kappa shape index (κ2) is 5.38. The van der Waals surface area contributed by atoms with Gasteiger partial charge in [-0.1, -0.05) is 6.07 Å². The van der Waals surface area contributed by atoms with Gasteiger partial charge < -0.3 is 4.57 Å². The average Bonchev–Trinajstić information content (AvgIpc) is 2.71. The predicted octanol–water partition coefficient (Wildman–Crippen LogP) is 0.485. The van der Waals surface area contributed by atoms with Crippen molar-refractivity contribution in [2.24, 2.45) is 12.2 Å². The van der Waals surface area contributed by atoms with E-state index in [0.29, 0.717) is 11.4 Å². The lowest BCUT2D eigenvalue weighted by molar-refractivity contribution is 0.595. The summed E-state index contributed by atoms with van der Waals surface area (Å²) in [5.74, 6) is 0.537. The Kier molecular flexibility index (Phi) is 4.02. The molecule has 0 aliphatic rings. The van der Waals surface area contributed by atoms with Gasteiger partial charge in [0.25, 0.3) is 10.0 Å². The number of imidazole rings is 1. The Morgan fingerprint density at radius 1 is 1.18 bits per heavy atom. The molecule has 0 amide bonds. The molecule has 0 saturated heterocycles. The van der Waals surface area contributed by atoms with Crippen LogP contribution in [0.25, 0.3) is 0 Å². The topological polar surface area (TPSA) is 124 Å². The number of sulfonamides is 2. The van der Waals surface area contributed by atoms with Gasteiger partial charge in [-0.25, -0.2) is 18.5 Å². The molecular weight excluding hydrogens is 328 g/mol. The van der Waals surface area contributed by atoms with Crippen molar-refractivity contribution in [3.8, 4) is 0 Å². The molecule has 2 rings (SSSR count). The first-order valence-corrected chi connectivity index (χ1v) is 9.20. The lowest BCUT2D eigenvalue weighted by Crippen LogP contribution is -2.16. The molecule has 0 saturated carbocycles. The van der Waals surface area contributed by atoms with E-state index in [4.69, 9.17) is 5.14 Å². The zero-order valence-corrected chi connectivity index (χ0v) is 13.9. The summed E-state index contributed by atoms with van der Waals surface area (Å²) >= 11 is 0. The fraction of sp³-hybridized carbons (Fsp3) is 0.250. The summed E-state index contributed by atoms with van der Waals surface area (Å²) in [5, 5.41) is 4.91. The molecule has 0 atom stereocenters. The zero-order chi connectivity index (χ0) is 16.7. The van der Waals surface area contributed by atoms with Gasteiger partial charge in [0.15, 0.2) is 5.03 Å². The number of primary sulfonamides is 1. The number of nitrogens with zero attached hydrogens (tertiary/aromatic N) is 2. The van der Waals surface area contributed by atoms with Crippen molar-refractivity contribution in [3.05, 3.63) is 35.8 Å². The maximum atomic E-state index is 12.3. The Bertz CT molecular complexity index is 911. The van der Waals surface area contributed by atoms with Crippen LogP contribution >= 0.6 is 0 Å². The lowest BCUT2D eigenvalue weighted by Gasteiger charge is -2.10. The van der Waals surface area contributed by atoms with Crippen LogP contribution < -0.4 is 9.86 Å². The molecule has 0 unspecified atom stereocenters. The fourth-order valence-electron chi connectivity index (χ4n) is 1.74. The fourth-order valence-corrected chi connectivity index (χ4v) is 3.44. The van der Waals surface area contributed by atoms with Crippen molar-refractivity contribution in [3.63, 3.8) is 0 Å². The molecule has 3 N–H and O–H groups in total. The van der Waals surface area contributed by atoms with Gasteiger partial charge in [0.2, 0.25) is 10.0 Å². The maximum Gasteiger partial charge on any atom is 0.280 e. The van der Waals surface area contributed by atoms with Crippen LogP contribution in [0.1, 0.15) is 11.4 Å². The predicted molar refractivity (Wildman–Crippen MR) is 81.3 cm³/mol. The van der Waals surface area contributed by atoms with Crippen LogP contribution in [0.3, 0.4) is 0 Å². The lowest BCUT2D eigenvalue weighted by atomic mass is 10.2. The third kappa shape index (κ3) is 3.29. The number of nitrogens with one attached hydrogen (secondary N) is 1. The van der Waals surface area contributed by atoms with E-state index < -0.39 is 20.0 Å². The van der Waals surface area contributed by atoms with Gasteiger partial charge >= 0.3 is 0 Å². The van der Waals surface area contributed by atoms with E-state index in [1.54, 1.807) is 25.5 Å². The zero-order valence-electron chi connectivity index (χ0n) is 12.2. The van der Waals surface area contributed by atoms with Gasteiger partial charge in [-0.05, 0) is 31.5 Å². The van der Waals surface area contributed by atoms with Gasteiger partial charge in [0.05, 0.1) is 10.6 Å². The van der Waals surface area contributed by atoms with Crippen LogP contribution in [0.15, 0.2) is 34.3 Å². The summed E-state index contributed by atoms with van der Waals surface area (Å²) in [4.78, 5) is 3.78. The van der Waals surface area contributed by atoms with Crippen molar-refractivity contribution < 1.29 is 16.8 Å². The highest BCUT2D eigenvalue weighted by Gasteiger charge is 2.20. The number of hydrogen-bond acceptors (Lipinski definition) is 5. The van der Waals surface area contributed by atoms with Crippen molar-refractivity contribution in [1.29, 1.82) is 0 Å². The van der Waals surface area contributed by atoms with Gasteiger partial charge in [0, 0.05) is 13.2 Å². The summed E-state index contributed by atoms with van der Waals surface area (Å²) in [5.41, 5.74) is 0.693. The number of aromatic nitrogens is 2. The third-order valence-electron chi connectivity index (χ3n) is 3.14. The van der Waals surface area contributed by atoms with E-state index in [9.17, 15) is 16.8 Å². The van der Waals surface area contributed by atoms with E-state index >= 15 is 0 Å². The number of aryl methyl sites for hydroxylation is 3. The Morgan fingerprint density at radius 3 is 2.32 bits per heavy atom. The minimum absolute atomic E-state index is 0.134. The molecule has 0 aliphatic carbocycles. The maximum absolute atomic E-state index is 12.3. The molecule has 0 radical (unpaired) electrons. The molecule has 120 valence electrons. The van der Waals surface area contributed by atoms with E-state index in [1.165, 1.54) is 24.4 Å². The minimum Gasteiger partial charge on any atom is -0.337 e. The Hall–Kier alpha value is -1.91. The first kappa shape index (κ1) is 16.5. The number of anilines is 1. The van der Waals surface area contributed by atoms with Crippen molar-refractivity contribution in [2.45, 2.75) is 23.8 Å². The highest BCUT2D eigenvalue weighted by atomic mass is 32.2. The number of nitrogens with two attached hydrogens (primary N) is 1. The van der Waals surface area contributed by atoms with Crippen LogP contribution in [0.5, 0.6) is 0 Å². The van der Waals surface area contributed by atoms with Gasteiger partial charge in [-0.3, -0.25) is 4.72 Å². The summed E-state index contributed by atoms with van der Waals surface area (Å²) in [7, 11) is -6.16. The molecule has 1 aromatic heterocycles. The molecule has 0 fully saturated rings. The second-order valence-electron chi connectivity index (χ2n) is 4.86. The van der Waals surface area contributed by atoms with Crippen molar-refractivity contribution in [1.82, 2.24) is 9.55 Å². The van der Waals surface area contributed by atoms with Crippen LogP contribution in [0, 0.1) is 13.8 Å². The quantitative estimate of drug-likeness (QED) is 0.835. The summed E-state index contributed by atoms with van der Waals surface area (Å²) in [6.07, 6.45) is 1.37. The summed E-state index contributed by atoms with van der Waals surface area (Å²) in [6.45, 7) is 3.32. The van der Waals surface area contributed by atoms with Crippen LogP contribution in [0.4, 0.5) is 5.69 Å². The first-order chi connectivity index (χ1) is 10.0. The summed E-state index contributed by atoms with van der Waals surface area (Å²) in [6, 6.07) is 3.96. The van der Waals surface area contributed by atoms with Crippen molar-refractivity contribution in [2.75, 3.05) is 4.72 Å². The van der Waals surface area contributed by atoms with E-state index in [0.717, 1.165) is 0 Å². The number of rotatable bonds is 4. The van der Waals surface area contributed by atoms with Gasteiger partial charge in [-0.2, -0.15) is 8.42 Å². The van der Waals surface area contributed by atoms with E-state index in [-0.39, 0.29) is 15.6 Å². The molecule has 22 heavy (non-hydrogen) atoms. The Balaban J connectivity index is 2.46. The smallest absolute Gasteiger partial charge is 0.280 e. The molecular formula is C12H16N4O4S2. The standard InChI is InChI=1S/C12H16N4O4S2/c1-8-4-5-10(21(13,17)18)6-11(8)15-22(19,20)12-7-16(3)9(2)14-12/h4-7,15H,1-3H3,(H2,13,17,18). The highest BCUT2D eigenvalue weighted by Crippen LogP contribution is 2.22. The highest BCUT2D eigenvalue weighted by molar-refractivity contribution is 7.92. The van der Waals surface area contributed by atoms with E-state index in [1.807, 2.05) is 0 Å². The molecule has 1 heterocycles. The van der Waals surface area contributed by atoms with E-state index in [2.05, 4.69) is 9.71 Å². The third-order valence-corrected chi connectivity index (χ3v) is 5.29.